The van der Waals surface area contributed by atoms with Gasteiger partial charge in [-0.25, -0.2) is 4.39 Å². The van der Waals surface area contributed by atoms with Gasteiger partial charge in [-0.1, -0.05) is 46.9 Å². The van der Waals surface area contributed by atoms with Crippen molar-refractivity contribution < 1.29 is 28.6 Å². The Morgan fingerprint density at radius 3 is 2.23 bits per heavy atom. The minimum absolute atomic E-state index is 0.0265. The molecular weight excluding hydrogens is 520 g/mol. The highest BCUT2D eigenvalue weighted by Crippen LogP contribution is 2.45. The third kappa shape index (κ3) is 4.43. The number of ketones is 1. The molecule has 1 N–H and O–H groups in total. The van der Waals surface area contributed by atoms with E-state index in [1.807, 2.05) is 0 Å². The summed E-state index contributed by atoms with van der Waals surface area (Å²) in [4.78, 5) is 27.7. The van der Waals surface area contributed by atoms with Gasteiger partial charge in [0.2, 0.25) is 0 Å². The Bertz CT molecular complexity index is 1370. The minimum atomic E-state index is -1.09. The van der Waals surface area contributed by atoms with Crippen LogP contribution in [0.5, 0.6) is 11.5 Å². The van der Waals surface area contributed by atoms with E-state index in [0.29, 0.717) is 11.3 Å². The van der Waals surface area contributed by atoms with Crippen molar-refractivity contribution in [2.45, 2.75) is 6.04 Å². The first-order valence-electron chi connectivity index (χ1n) is 10.1. The highest BCUT2D eigenvalue weighted by molar-refractivity contribution is 6.52. The first-order chi connectivity index (χ1) is 16.7. The average Bonchev–Trinajstić information content (AvgIpc) is 3.10. The molecule has 3 aromatic rings. The van der Waals surface area contributed by atoms with Crippen molar-refractivity contribution in [3.8, 4) is 11.5 Å². The van der Waals surface area contributed by atoms with E-state index in [4.69, 9.17) is 44.3 Å². The van der Waals surface area contributed by atoms with Crippen molar-refractivity contribution in [1.29, 1.82) is 0 Å². The van der Waals surface area contributed by atoms with E-state index < -0.39 is 29.3 Å². The Morgan fingerprint density at radius 2 is 1.63 bits per heavy atom. The summed E-state index contributed by atoms with van der Waals surface area (Å²) in [7, 11) is 2.84. The number of hydrogen-bond donors (Lipinski definition) is 1. The lowest BCUT2D eigenvalue weighted by atomic mass is 9.94. The van der Waals surface area contributed by atoms with E-state index >= 15 is 0 Å². The van der Waals surface area contributed by atoms with E-state index in [1.165, 1.54) is 38.5 Å². The summed E-state index contributed by atoms with van der Waals surface area (Å²) in [6, 6.07) is 11.9. The zero-order valence-electron chi connectivity index (χ0n) is 18.3. The molecule has 3 aromatic carbocycles. The molecule has 0 aliphatic carbocycles. The van der Waals surface area contributed by atoms with Gasteiger partial charge < -0.3 is 14.6 Å². The first-order valence-corrected chi connectivity index (χ1v) is 11.2. The Kier molecular flexibility index (Phi) is 6.94. The van der Waals surface area contributed by atoms with Gasteiger partial charge in [0.25, 0.3) is 11.7 Å². The maximum Gasteiger partial charge on any atom is 0.300 e. The summed E-state index contributed by atoms with van der Waals surface area (Å²) in [6.45, 7) is 0. The molecule has 35 heavy (non-hydrogen) atoms. The van der Waals surface area contributed by atoms with Crippen molar-refractivity contribution in [2.24, 2.45) is 0 Å². The molecule has 180 valence electrons. The minimum Gasteiger partial charge on any atom is -0.507 e. The molecule has 0 aromatic heterocycles. The fraction of sp³-hybridized carbons (Fsp3) is 0.120. The number of anilines is 1. The first kappa shape index (κ1) is 24.9. The van der Waals surface area contributed by atoms with Gasteiger partial charge in [0.15, 0.2) is 0 Å². The van der Waals surface area contributed by atoms with Crippen molar-refractivity contribution in [3.05, 3.63) is 92.2 Å². The van der Waals surface area contributed by atoms with Crippen LogP contribution >= 0.6 is 34.8 Å². The van der Waals surface area contributed by atoms with Crippen LogP contribution in [-0.4, -0.2) is 31.0 Å². The van der Waals surface area contributed by atoms with Crippen molar-refractivity contribution >= 4 is 57.9 Å². The fourth-order valence-corrected chi connectivity index (χ4v) is 4.67. The molecule has 0 saturated carbocycles. The van der Waals surface area contributed by atoms with Crippen LogP contribution in [0.3, 0.4) is 0 Å². The van der Waals surface area contributed by atoms with E-state index in [0.717, 1.165) is 11.0 Å². The van der Waals surface area contributed by atoms with E-state index in [-0.39, 0.29) is 37.6 Å². The molecule has 1 amide bonds. The maximum absolute atomic E-state index is 13.8. The Labute approximate surface area is 215 Å². The zero-order chi connectivity index (χ0) is 25.4. The molecule has 0 bridgehead atoms. The number of rotatable bonds is 5. The highest BCUT2D eigenvalue weighted by atomic mass is 35.5. The summed E-state index contributed by atoms with van der Waals surface area (Å²) in [5.41, 5.74) is 0.421. The van der Waals surface area contributed by atoms with Gasteiger partial charge in [-0.15, -0.1) is 0 Å². The van der Waals surface area contributed by atoms with Crippen LogP contribution in [0.25, 0.3) is 5.76 Å². The van der Waals surface area contributed by atoms with Crippen LogP contribution in [0.15, 0.2) is 60.2 Å². The zero-order valence-corrected chi connectivity index (χ0v) is 20.6. The fourth-order valence-electron chi connectivity index (χ4n) is 3.92. The number of hydrogen-bond acceptors (Lipinski definition) is 5. The quantitative estimate of drug-likeness (QED) is 0.231. The molecule has 1 unspecified atom stereocenters. The third-order valence-electron chi connectivity index (χ3n) is 5.52. The van der Waals surface area contributed by atoms with Crippen LogP contribution in [0, 0.1) is 5.82 Å². The average molecular weight is 537 g/mol. The molecule has 1 heterocycles. The van der Waals surface area contributed by atoms with Gasteiger partial charge in [0, 0.05) is 10.7 Å². The lowest BCUT2D eigenvalue weighted by Gasteiger charge is -2.26. The van der Waals surface area contributed by atoms with Gasteiger partial charge in [-0.2, -0.15) is 0 Å². The Morgan fingerprint density at radius 1 is 0.943 bits per heavy atom. The van der Waals surface area contributed by atoms with Crippen molar-refractivity contribution in [1.82, 2.24) is 0 Å². The summed E-state index contributed by atoms with van der Waals surface area (Å²) in [5.74, 6) is -2.53. The van der Waals surface area contributed by atoms with Crippen molar-refractivity contribution in [2.75, 3.05) is 19.1 Å². The summed E-state index contributed by atoms with van der Waals surface area (Å²) in [5, 5.41) is 11.4. The van der Waals surface area contributed by atoms with Crippen molar-refractivity contribution in [3.63, 3.8) is 0 Å². The number of halogens is 4. The molecular formula is C25H17Cl3FNO5. The van der Waals surface area contributed by atoms with E-state index in [9.17, 15) is 19.1 Å². The summed E-state index contributed by atoms with van der Waals surface area (Å²) >= 11 is 18.3. The van der Waals surface area contributed by atoms with Gasteiger partial charge >= 0.3 is 0 Å². The standard InChI is InChI=1S/C25H17Cl3FNO5/c1-34-15-6-3-12(4-7-15)21-20(22(31)16-9-13(26)10-18(28)24(16)35-2)23(32)25(33)30(21)14-5-8-19(29)17(27)11-14/h3-11,21,31H,1-2H3/b22-20+. The van der Waals surface area contributed by atoms with Crippen LogP contribution in [0.1, 0.15) is 17.2 Å². The number of benzene rings is 3. The second-order valence-electron chi connectivity index (χ2n) is 7.51. The topological polar surface area (TPSA) is 76.1 Å². The van der Waals surface area contributed by atoms with Crippen LogP contribution < -0.4 is 14.4 Å². The largest absolute Gasteiger partial charge is 0.507 e. The number of amides is 1. The smallest absolute Gasteiger partial charge is 0.300 e. The van der Waals surface area contributed by atoms with E-state index in [1.54, 1.807) is 24.3 Å². The molecule has 4 rings (SSSR count). The molecule has 1 fully saturated rings. The van der Waals surface area contributed by atoms with Gasteiger partial charge in [0.05, 0.1) is 41.4 Å². The molecule has 10 heteroatoms. The van der Waals surface area contributed by atoms with Crippen LogP contribution in [0.4, 0.5) is 10.1 Å². The van der Waals surface area contributed by atoms with E-state index in [2.05, 4.69) is 0 Å². The normalized spacial score (nSPS) is 17.1. The summed E-state index contributed by atoms with van der Waals surface area (Å²) in [6.07, 6.45) is 0. The van der Waals surface area contributed by atoms with Gasteiger partial charge in [0.1, 0.15) is 23.1 Å². The van der Waals surface area contributed by atoms with Gasteiger partial charge in [-0.3, -0.25) is 14.5 Å². The second kappa shape index (κ2) is 9.77. The number of methoxy groups -OCH3 is 2. The molecule has 0 spiro atoms. The number of carbonyl (C=O) groups excluding carboxylic acids is 2. The summed E-state index contributed by atoms with van der Waals surface area (Å²) < 4.78 is 24.4. The number of nitrogens with zero attached hydrogens (tertiary/aromatic N) is 1. The van der Waals surface area contributed by atoms with Gasteiger partial charge in [-0.05, 0) is 48.0 Å². The molecule has 1 aliphatic heterocycles. The lowest BCUT2D eigenvalue weighted by molar-refractivity contribution is -0.132. The lowest BCUT2D eigenvalue weighted by Crippen LogP contribution is -2.29. The predicted molar refractivity (Wildman–Crippen MR) is 132 cm³/mol. The molecule has 0 radical (unpaired) electrons. The highest BCUT2D eigenvalue weighted by Gasteiger charge is 2.47. The molecule has 1 aliphatic rings. The SMILES string of the molecule is COc1ccc(C2/C(=C(\O)c3cc(Cl)cc(Cl)c3OC)C(=O)C(=O)N2c2ccc(F)c(Cl)c2)cc1. The number of Topliss-reactive ketones (excluding diaryl/α,β-unsaturated/α-hetero) is 1. The third-order valence-corrected chi connectivity index (χ3v) is 6.31. The Hall–Kier alpha value is -3.26. The molecule has 1 atom stereocenters. The molecule has 6 nitrogen and oxygen atoms in total. The maximum atomic E-state index is 13.8. The van der Waals surface area contributed by atoms with Crippen LogP contribution in [0.2, 0.25) is 15.1 Å². The molecule has 1 saturated heterocycles. The Balaban J connectivity index is 2.00. The monoisotopic (exact) mass is 535 g/mol. The number of carbonyl (C=O) groups is 2. The number of aliphatic hydroxyl groups is 1. The number of ether oxygens (including phenoxy) is 2. The number of aliphatic hydroxyl groups excluding tert-OH is 1. The predicted octanol–water partition coefficient (Wildman–Crippen LogP) is 6.43. The second-order valence-corrected chi connectivity index (χ2v) is 8.76. The van der Waals surface area contributed by atoms with Crippen LogP contribution in [-0.2, 0) is 9.59 Å².